The molecule has 1 heterocycles. The summed E-state index contributed by atoms with van der Waals surface area (Å²) in [5.74, 6) is 0.793. The topological polar surface area (TPSA) is 42.6 Å². The minimum atomic E-state index is -0.534. The van der Waals surface area contributed by atoms with Crippen LogP contribution in [0.5, 0.6) is 0 Å². The largest absolute Gasteiger partial charge is 0.469 e. The highest BCUT2D eigenvalue weighted by atomic mass is 16.5. The van der Waals surface area contributed by atoms with Gasteiger partial charge in [0.1, 0.15) is 5.76 Å². The van der Waals surface area contributed by atoms with E-state index in [2.05, 4.69) is 0 Å². The Morgan fingerprint density at radius 1 is 1.53 bits per heavy atom. The van der Waals surface area contributed by atoms with Gasteiger partial charge in [0.25, 0.3) is 0 Å². The van der Waals surface area contributed by atoms with Gasteiger partial charge in [-0.2, -0.15) is 0 Å². The predicted octanol–water partition coefficient (Wildman–Crippen LogP) is 2.39. The first-order valence-corrected chi connectivity index (χ1v) is 5.46. The van der Waals surface area contributed by atoms with Crippen LogP contribution in [-0.4, -0.2) is 23.4 Å². The molecule has 0 aromatic carbocycles. The summed E-state index contributed by atoms with van der Waals surface area (Å²) in [6.07, 6.45) is 2.36. The molecular formula is C12H20O3. The quantitative estimate of drug-likeness (QED) is 0.787. The van der Waals surface area contributed by atoms with Crippen LogP contribution >= 0.6 is 0 Å². The molecule has 1 aromatic rings. The second-order valence-electron chi connectivity index (χ2n) is 3.90. The molecule has 15 heavy (non-hydrogen) atoms. The smallest absolute Gasteiger partial charge is 0.106 e. The fraction of sp³-hybridized carbons (Fsp3) is 0.667. The standard InChI is InChI=1S/C12H20O3/c1-4-12(3,15-5-2)11(13)9-10-7-6-8-14-10/h6-8,11,13H,4-5,9H2,1-3H3. The summed E-state index contributed by atoms with van der Waals surface area (Å²) >= 11 is 0. The molecule has 1 N–H and O–H groups in total. The fourth-order valence-corrected chi connectivity index (χ4v) is 1.60. The third-order valence-electron chi connectivity index (χ3n) is 2.86. The van der Waals surface area contributed by atoms with Crippen molar-refractivity contribution in [1.29, 1.82) is 0 Å². The molecule has 3 heteroatoms. The SMILES string of the molecule is CCOC(C)(CC)C(O)Cc1ccco1. The lowest BCUT2D eigenvalue weighted by Crippen LogP contribution is -2.42. The maximum atomic E-state index is 10.1. The first-order valence-electron chi connectivity index (χ1n) is 5.46. The molecule has 1 aromatic heterocycles. The van der Waals surface area contributed by atoms with Gasteiger partial charge in [0.2, 0.25) is 0 Å². The van der Waals surface area contributed by atoms with Crippen LogP contribution in [0.25, 0.3) is 0 Å². The first-order chi connectivity index (χ1) is 7.12. The molecule has 0 radical (unpaired) electrons. The zero-order chi connectivity index (χ0) is 11.3. The minimum Gasteiger partial charge on any atom is -0.469 e. The average Bonchev–Trinajstić information content (AvgIpc) is 2.70. The molecule has 86 valence electrons. The summed E-state index contributed by atoms with van der Waals surface area (Å²) in [5.41, 5.74) is -0.485. The highest BCUT2D eigenvalue weighted by Gasteiger charge is 2.32. The maximum Gasteiger partial charge on any atom is 0.106 e. The van der Waals surface area contributed by atoms with Gasteiger partial charge in [-0.05, 0) is 32.4 Å². The Morgan fingerprint density at radius 3 is 2.73 bits per heavy atom. The van der Waals surface area contributed by atoms with Gasteiger partial charge in [-0.15, -0.1) is 0 Å². The van der Waals surface area contributed by atoms with E-state index in [9.17, 15) is 5.11 Å². The van der Waals surface area contributed by atoms with E-state index < -0.39 is 11.7 Å². The van der Waals surface area contributed by atoms with Crippen molar-refractivity contribution >= 4 is 0 Å². The fourth-order valence-electron chi connectivity index (χ4n) is 1.60. The van der Waals surface area contributed by atoms with Crippen LogP contribution in [0.3, 0.4) is 0 Å². The van der Waals surface area contributed by atoms with Crippen molar-refractivity contribution in [3.63, 3.8) is 0 Å². The molecule has 0 saturated carbocycles. The van der Waals surface area contributed by atoms with Gasteiger partial charge < -0.3 is 14.3 Å². The van der Waals surface area contributed by atoms with Crippen molar-refractivity contribution in [3.8, 4) is 0 Å². The first kappa shape index (κ1) is 12.3. The number of ether oxygens (including phenoxy) is 1. The Kier molecular flexibility index (Phi) is 4.36. The second kappa shape index (κ2) is 5.33. The summed E-state index contributed by atoms with van der Waals surface area (Å²) in [4.78, 5) is 0. The lowest BCUT2D eigenvalue weighted by atomic mass is 9.92. The van der Waals surface area contributed by atoms with Crippen molar-refractivity contribution in [2.75, 3.05) is 6.61 Å². The van der Waals surface area contributed by atoms with Crippen LogP contribution in [-0.2, 0) is 11.2 Å². The van der Waals surface area contributed by atoms with E-state index in [4.69, 9.17) is 9.15 Å². The van der Waals surface area contributed by atoms with Gasteiger partial charge >= 0.3 is 0 Å². The van der Waals surface area contributed by atoms with Crippen LogP contribution in [0, 0.1) is 0 Å². The number of rotatable bonds is 6. The van der Waals surface area contributed by atoms with Crippen molar-refractivity contribution < 1.29 is 14.3 Å². The number of hydrogen-bond donors (Lipinski definition) is 1. The van der Waals surface area contributed by atoms with Gasteiger partial charge in [0, 0.05) is 13.0 Å². The molecule has 2 atom stereocenters. The molecule has 1 rings (SSSR count). The molecule has 3 nitrogen and oxygen atoms in total. The number of furan rings is 1. The zero-order valence-electron chi connectivity index (χ0n) is 9.69. The monoisotopic (exact) mass is 212 g/mol. The van der Waals surface area contributed by atoms with Crippen molar-refractivity contribution in [3.05, 3.63) is 24.2 Å². The van der Waals surface area contributed by atoms with Crippen molar-refractivity contribution in [2.24, 2.45) is 0 Å². The highest BCUT2D eigenvalue weighted by Crippen LogP contribution is 2.23. The molecule has 0 aliphatic rings. The molecule has 0 bridgehead atoms. The van der Waals surface area contributed by atoms with Crippen LogP contribution in [0.4, 0.5) is 0 Å². The van der Waals surface area contributed by atoms with Crippen molar-refractivity contribution in [1.82, 2.24) is 0 Å². The third kappa shape index (κ3) is 3.08. The highest BCUT2D eigenvalue weighted by molar-refractivity contribution is 5.02. The maximum absolute atomic E-state index is 10.1. The number of aliphatic hydroxyl groups is 1. The van der Waals surface area contributed by atoms with E-state index in [0.29, 0.717) is 13.0 Å². The molecule has 0 spiro atoms. The normalized spacial score (nSPS) is 17.3. The Labute approximate surface area is 91.1 Å². The molecule has 0 fully saturated rings. The average molecular weight is 212 g/mol. The van der Waals surface area contributed by atoms with Gasteiger partial charge in [-0.1, -0.05) is 6.92 Å². The van der Waals surface area contributed by atoms with Crippen molar-refractivity contribution in [2.45, 2.75) is 45.3 Å². The molecule has 0 amide bonds. The van der Waals surface area contributed by atoms with E-state index in [1.165, 1.54) is 0 Å². The zero-order valence-corrected chi connectivity index (χ0v) is 9.69. The van der Waals surface area contributed by atoms with E-state index in [0.717, 1.165) is 12.2 Å². The Balaban J connectivity index is 2.60. The molecule has 0 saturated heterocycles. The Morgan fingerprint density at radius 2 is 2.27 bits per heavy atom. The van der Waals surface area contributed by atoms with E-state index in [-0.39, 0.29) is 0 Å². The van der Waals surface area contributed by atoms with Crippen LogP contribution < -0.4 is 0 Å². The predicted molar refractivity (Wildman–Crippen MR) is 58.7 cm³/mol. The van der Waals surface area contributed by atoms with E-state index >= 15 is 0 Å². The van der Waals surface area contributed by atoms with Gasteiger partial charge in [0.05, 0.1) is 18.0 Å². The minimum absolute atomic E-state index is 0.485. The van der Waals surface area contributed by atoms with Gasteiger partial charge in [-0.25, -0.2) is 0 Å². The van der Waals surface area contributed by atoms with Gasteiger partial charge in [-0.3, -0.25) is 0 Å². The van der Waals surface area contributed by atoms with Gasteiger partial charge in [0.15, 0.2) is 0 Å². The Bertz CT molecular complexity index is 268. The summed E-state index contributed by atoms with van der Waals surface area (Å²) in [6, 6.07) is 3.69. The lowest BCUT2D eigenvalue weighted by molar-refractivity contribution is -0.111. The van der Waals surface area contributed by atoms with E-state index in [1.54, 1.807) is 6.26 Å². The summed E-state index contributed by atoms with van der Waals surface area (Å²) in [6.45, 7) is 6.50. The summed E-state index contributed by atoms with van der Waals surface area (Å²) in [5, 5.41) is 10.1. The Hall–Kier alpha value is -0.800. The number of hydrogen-bond acceptors (Lipinski definition) is 3. The van der Waals surface area contributed by atoms with E-state index in [1.807, 2.05) is 32.9 Å². The third-order valence-corrected chi connectivity index (χ3v) is 2.86. The molecule has 0 aliphatic heterocycles. The summed E-state index contributed by atoms with van der Waals surface area (Å²) < 4.78 is 10.8. The lowest BCUT2D eigenvalue weighted by Gasteiger charge is -2.33. The molecule has 0 aliphatic carbocycles. The molecule has 2 unspecified atom stereocenters. The number of aliphatic hydroxyl groups excluding tert-OH is 1. The van der Waals surface area contributed by atoms with Crippen LogP contribution in [0.15, 0.2) is 22.8 Å². The molecular weight excluding hydrogens is 192 g/mol. The summed E-state index contributed by atoms with van der Waals surface area (Å²) in [7, 11) is 0. The van der Waals surface area contributed by atoms with Crippen LogP contribution in [0.2, 0.25) is 0 Å². The second-order valence-corrected chi connectivity index (χ2v) is 3.90. The van der Waals surface area contributed by atoms with Crippen LogP contribution in [0.1, 0.15) is 33.0 Å².